The predicted octanol–water partition coefficient (Wildman–Crippen LogP) is 2.29. The molecule has 0 saturated carbocycles. The second-order valence-electron chi connectivity index (χ2n) is 6.10. The summed E-state index contributed by atoms with van der Waals surface area (Å²) in [6, 6.07) is 7.31. The molecule has 2 atom stereocenters. The van der Waals surface area contributed by atoms with Crippen LogP contribution >= 0.6 is 11.6 Å². The minimum atomic E-state index is 0.0965. The fourth-order valence-corrected chi connectivity index (χ4v) is 2.85. The summed E-state index contributed by atoms with van der Waals surface area (Å²) in [5, 5.41) is 0.654. The zero-order valence-corrected chi connectivity index (χ0v) is 14.8. The molecule has 1 aliphatic rings. The van der Waals surface area contributed by atoms with E-state index in [2.05, 4.69) is 0 Å². The molecule has 1 aromatic rings. The molecule has 1 amide bonds. The van der Waals surface area contributed by atoms with Crippen molar-refractivity contribution >= 4 is 17.5 Å². The molecule has 128 valence electrons. The van der Waals surface area contributed by atoms with Crippen LogP contribution in [0.15, 0.2) is 24.3 Å². The number of morpholine rings is 1. The van der Waals surface area contributed by atoms with E-state index in [1.54, 1.807) is 6.07 Å². The number of carbonyl (C=O) groups excluding carboxylic acids is 1. The van der Waals surface area contributed by atoms with E-state index < -0.39 is 0 Å². The minimum Gasteiger partial charge on any atom is -0.492 e. The van der Waals surface area contributed by atoms with Crippen molar-refractivity contribution in [2.75, 3.05) is 39.8 Å². The maximum absolute atomic E-state index is 12.3. The van der Waals surface area contributed by atoms with Crippen molar-refractivity contribution in [1.29, 1.82) is 0 Å². The van der Waals surface area contributed by atoms with Crippen LogP contribution in [0, 0.1) is 0 Å². The summed E-state index contributed by atoms with van der Waals surface area (Å²) in [7, 11) is 1.92. The van der Waals surface area contributed by atoms with Gasteiger partial charge in [-0.25, -0.2) is 0 Å². The summed E-state index contributed by atoms with van der Waals surface area (Å²) in [6.07, 6.45) is 0.193. The minimum absolute atomic E-state index is 0.0965. The molecule has 1 aromatic carbocycles. The number of likely N-dealkylation sites (N-methyl/N-ethyl adjacent to an activating group) is 1. The van der Waals surface area contributed by atoms with Gasteiger partial charge in [-0.05, 0) is 39.1 Å². The molecule has 6 heteroatoms. The summed E-state index contributed by atoms with van der Waals surface area (Å²) < 4.78 is 11.3. The lowest BCUT2D eigenvalue weighted by molar-refractivity contribution is -0.144. The molecular weight excluding hydrogens is 316 g/mol. The molecule has 1 fully saturated rings. The molecule has 1 saturated heterocycles. The average molecular weight is 341 g/mol. The third-order valence-corrected chi connectivity index (χ3v) is 3.95. The quantitative estimate of drug-likeness (QED) is 0.797. The summed E-state index contributed by atoms with van der Waals surface area (Å²) in [5.41, 5.74) is 0. The molecule has 0 radical (unpaired) electrons. The van der Waals surface area contributed by atoms with Gasteiger partial charge in [0.05, 0.1) is 18.8 Å². The fraction of sp³-hybridized carbons (Fsp3) is 0.588. The Morgan fingerprint density at radius 3 is 2.74 bits per heavy atom. The topological polar surface area (TPSA) is 42.0 Å². The van der Waals surface area contributed by atoms with Gasteiger partial charge in [0.25, 0.3) is 0 Å². The van der Waals surface area contributed by atoms with E-state index in [0.29, 0.717) is 37.8 Å². The highest BCUT2D eigenvalue weighted by molar-refractivity contribution is 6.30. The lowest BCUT2D eigenvalue weighted by Crippen LogP contribution is -2.50. The van der Waals surface area contributed by atoms with Gasteiger partial charge in [0.1, 0.15) is 12.4 Å². The van der Waals surface area contributed by atoms with Gasteiger partial charge >= 0.3 is 0 Å². The standard InChI is InChI=1S/C17H25ClN2O3/c1-13-10-20(11-14(2)23-13)17(21)12-19(3)7-8-22-16-6-4-5-15(18)9-16/h4-6,9,13-14H,7-8,10-12H2,1-3H3. The second kappa shape index (κ2) is 8.52. The number of halogens is 1. The van der Waals surface area contributed by atoms with E-state index in [-0.39, 0.29) is 18.1 Å². The Hall–Kier alpha value is -1.30. The number of benzene rings is 1. The third-order valence-electron chi connectivity index (χ3n) is 3.72. The Morgan fingerprint density at radius 2 is 2.09 bits per heavy atom. The average Bonchev–Trinajstić information content (AvgIpc) is 2.46. The van der Waals surface area contributed by atoms with Crippen molar-refractivity contribution in [3.63, 3.8) is 0 Å². The molecule has 5 nitrogen and oxygen atoms in total. The van der Waals surface area contributed by atoms with Crippen LogP contribution in [0.5, 0.6) is 5.75 Å². The van der Waals surface area contributed by atoms with E-state index in [0.717, 1.165) is 5.75 Å². The highest BCUT2D eigenvalue weighted by Crippen LogP contribution is 2.17. The molecule has 2 rings (SSSR count). The normalized spacial score (nSPS) is 21.5. The largest absolute Gasteiger partial charge is 0.492 e. The Kier molecular flexibility index (Phi) is 6.69. The number of rotatable bonds is 6. The van der Waals surface area contributed by atoms with Gasteiger partial charge in [-0.2, -0.15) is 0 Å². The van der Waals surface area contributed by atoms with E-state index in [1.165, 1.54) is 0 Å². The number of nitrogens with zero attached hydrogens (tertiary/aromatic N) is 2. The van der Waals surface area contributed by atoms with Crippen LogP contribution in [0.4, 0.5) is 0 Å². The zero-order valence-electron chi connectivity index (χ0n) is 14.0. The maximum Gasteiger partial charge on any atom is 0.236 e. The number of hydrogen-bond donors (Lipinski definition) is 0. The first-order valence-electron chi connectivity index (χ1n) is 7.94. The molecular formula is C17H25ClN2O3. The van der Waals surface area contributed by atoms with Crippen molar-refractivity contribution in [2.45, 2.75) is 26.1 Å². The number of ether oxygens (including phenoxy) is 2. The molecule has 0 spiro atoms. The van der Waals surface area contributed by atoms with Crippen molar-refractivity contribution in [3.05, 3.63) is 29.3 Å². The Bertz CT molecular complexity index is 516. The highest BCUT2D eigenvalue weighted by Gasteiger charge is 2.26. The van der Waals surface area contributed by atoms with Crippen molar-refractivity contribution < 1.29 is 14.3 Å². The summed E-state index contributed by atoms with van der Waals surface area (Å²) in [6.45, 7) is 6.90. The van der Waals surface area contributed by atoms with Crippen LogP contribution in [0.25, 0.3) is 0 Å². The van der Waals surface area contributed by atoms with E-state index in [1.807, 2.05) is 48.9 Å². The van der Waals surface area contributed by atoms with Crippen LogP contribution in [-0.2, 0) is 9.53 Å². The fourth-order valence-electron chi connectivity index (χ4n) is 2.67. The number of hydrogen-bond acceptors (Lipinski definition) is 4. The Labute approximate surface area is 143 Å². The van der Waals surface area contributed by atoms with Crippen LogP contribution in [0.1, 0.15) is 13.8 Å². The molecule has 2 unspecified atom stereocenters. The summed E-state index contributed by atoms with van der Waals surface area (Å²) in [5.74, 6) is 0.880. The van der Waals surface area contributed by atoms with Gasteiger partial charge in [0.15, 0.2) is 0 Å². The van der Waals surface area contributed by atoms with Crippen molar-refractivity contribution in [1.82, 2.24) is 9.80 Å². The van der Waals surface area contributed by atoms with E-state index >= 15 is 0 Å². The molecule has 0 aromatic heterocycles. The smallest absolute Gasteiger partial charge is 0.236 e. The van der Waals surface area contributed by atoms with Crippen molar-refractivity contribution in [2.24, 2.45) is 0 Å². The van der Waals surface area contributed by atoms with Gasteiger partial charge in [-0.15, -0.1) is 0 Å². The second-order valence-corrected chi connectivity index (χ2v) is 6.54. The molecule has 0 N–H and O–H groups in total. The zero-order chi connectivity index (χ0) is 16.8. The van der Waals surface area contributed by atoms with Gasteiger partial charge in [0, 0.05) is 24.7 Å². The SMILES string of the molecule is CC1CN(C(=O)CN(C)CCOc2cccc(Cl)c2)CC(C)O1. The first-order chi connectivity index (χ1) is 10.9. The van der Waals surface area contributed by atoms with E-state index in [4.69, 9.17) is 21.1 Å². The third kappa shape index (κ3) is 6.01. The van der Waals surface area contributed by atoms with Gasteiger partial charge in [0.2, 0.25) is 5.91 Å². The molecule has 23 heavy (non-hydrogen) atoms. The first kappa shape index (κ1) is 18.0. The Balaban J connectivity index is 1.71. The molecule has 0 aliphatic carbocycles. The van der Waals surface area contributed by atoms with Gasteiger partial charge in [-0.1, -0.05) is 17.7 Å². The number of amides is 1. The van der Waals surface area contributed by atoms with Gasteiger partial charge < -0.3 is 14.4 Å². The van der Waals surface area contributed by atoms with Crippen LogP contribution < -0.4 is 4.74 Å². The monoisotopic (exact) mass is 340 g/mol. The van der Waals surface area contributed by atoms with Crippen LogP contribution in [-0.4, -0.2) is 67.7 Å². The highest BCUT2D eigenvalue weighted by atomic mass is 35.5. The van der Waals surface area contributed by atoms with Crippen molar-refractivity contribution in [3.8, 4) is 5.75 Å². The summed E-state index contributed by atoms with van der Waals surface area (Å²) >= 11 is 5.91. The van der Waals surface area contributed by atoms with Gasteiger partial charge in [-0.3, -0.25) is 9.69 Å². The Morgan fingerprint density at radius 1 is 1.39 bits per heavy atom. The lowest BCUT2D eigenvalue weighted by atomic mass is 10.2. The van der Waals surface area contributed by atoms with Crippen LogP contribution in [0.2, 0.25) is 5.02 Å². The maximum atomic E-state index is 12.3. The van der Waals surface area contributed by atoms with Crippen LogP contribution in [0.3, 0.4) is 0 Å². The lowest BCUT2D eigenvalue weighted by Gasteiger charge is -2.36. The predicted molar refractivity (Wildman–Crippen MR) is 91.0 cm³/mol. The summed E-state index contributed by atoms with van der Waals surface area (Å²) in [4.78, 5) is 16.2. The molecule has 0 bridgehead atoms. The number of carbonyl (C=O) groups is 1. The first-order valence-corrected chi connectivity index (χ1v) is 8.32. The molecule has 1 heterocycles. The molecule has 1 aliphatic heterocycles. The van der Waals surface area contributed by atoms with E-state index in [9.17, 15) is 4.79 Å².